The molecular formula is C23H30N2O5. The van der Waals surface area contributed by atoms with Crippen LogP contribution in [0.4, 0.5) is 5.69 Å². The number of nitrogens with zero attached hydrogens (tertiary/aromatic N) is 2. The Labute approximate surface area is 178 Å². The number of benzene rings is 2. The van der Waals surface area contributed by atoms with Crippen LogP contribution in [0.15, 0.2) is 42.5 Å². The van der Waals surface area contributed by atoms with E-state index in [2.05, 4.69) is 0 Å². The van der Waals surface area contributed by atoms with Crippen molar-refractivity contribution < 1.29 is 23.8 Å². The number of likely N-dealkylation sites (N-methyl/N-ethyl adjacent to an activating group) is 1. The summed E-state index contributed by atoms with van der Waals surface area (Å²) in [5.74, 6) is 0.584. The van der Waals surface area contributed by atoms with Crippen molar-refractivity contribution in [3.05, 3.63) is 53.6 Å². The van der Waals surface area contributed by atoms with Gasteiger partial charge in [-0.05, 0) is 41.8 Å². The zero-order valence-corrected chi connectivity index (χ0v) is 18.3. The topological polar surface area (TPSA) is 68.3 Å². The summed E-state index contributed by atoms with van der Waals surface area (Å²) in [5, 5.41) is 0. The van der Waals surface area contributed by atoms with Gasteiger partial charge in [-0.3, -0.25) is 9.59 Å². The van der Waals surface area contributed by atoms with Crippen LogP contribution in [0.3, 0.4) is 0 Å². The van der Waals surface area contributed by atoms with Gasteiger partial charge in [-0.1, -0.05) is 18.2 Å². The standard InChI is InChI=1S/C23H30N2O5/c1-24(2)19-10-6-18(7-11-19)15-25(3)22(26)16-30-23(27)13-9-17-8-12-20(28-4)21(14-17)29-5/h6-8,10-12,14H,9,13,15-16H2,1-5H3. The van der Waals surface area contributed by atoms with Gasteiger partial charge in [-0.15, -0.1) is 0 Å². The molecule has 0 N–H and O–H groups in total. The van der Waals surface area contributed by atoms with Crippen LogP contribution >= 0.6 is 0 Å². The largest absolute Gasteiger partial charge is 0.493 e. The summed E-state index contributed by atoms with van der Waals surface area (Å²) in [6.45, 7) is 0.187. The summed E-state index contributed by atoms with van der Waals surface area (Å²) in [5.41, 5.74) is 3.03. The first-order chi connectivity index (χ1) is 14.3. The zero-order chi connectivity index (χ0) is 22.1. The zero-order valence-electron chi connectivity index (χ0n) is 18.3. The summed E-state index contributed by atoms with van der Waals surface area (Å²) in [4.78, 5) is 27.9. The molecule has 0 aliphatic carbocycles. The van der Waals surface area contributed by atoms with E-state index in [1.54, 1.807) is 32.2 Å². The van der Waals surface area contributed by atoms with Gasteiger partial charge < -0.3 is 24.0 Å². The van der Waals surface area contributed by atoms with Gasteiger partial charge in [0.05, 0.1) is 14.2 Å². The van der Waals surface area contributed by atoms with Gasteiger partial charge in [0, 0.05) is 39.8 Å². The minimum atomic E-state index is -0.415. The summed E-state index contributed by atoms with van der Waals surface area (Å²) >= 11 is 0. The van der Waals surface area contributed by atoms with Gasteiger partial charge in [0.15, 0.2) is 18.1 Å². The van der Waals surface area contributed by atoms with E-state index in [9.17, 15) is 9.59 Å². The Bertz CT molecular complexity index is 849. The lowest BCUT2D eigenvalue weighted by atomic mass is 10.1. The van der Waals surface area contributed by atoms with Crippen LogP contribution in [-0.2, 0) is 27.3 Å². The predicted octanol–water partition coefficient (Wildman–Crippen LogP) is 2.90. The molecule has 0 heterocycles. The lowest BCUT2D eigenvalue weighted by molar-refractivity contribution is -0.151. The maximum absolute atomic E-state index is 12.3. The highest BCUT2D eigenvalue weighted by atomic mass is 16.5. The fourth-order valence-corrected chi connectivity index (χ4v) is 2.87. The minimum Gasteiger partial charge on any atom is -0.493 e. The number of carbonyl (C=O) groups is 2. The van der Waals surface area contributed by atoms with E-state index in [1.165, 1.54) is 0 Å². The fourth-order valence-electron chi connectivity index (χ4n) is 2.87. The second-order valence-electron chi connectivity index (χ2n) is 7.16. The molecule has 2 aromatic carbocycles. The van der Waals surface area contributed by atoms with Crippen molar-refractivity contribution >= 4 is 17.6 Å². The Kier molecular flexibility index (Phi) is 8.53. The SMILES string of the molecule is COc1ccc(CCC(=O)OCC(=O)N(C)Cc2ccc(N(C)C)cc2)cc1OC. The molecule has 0 aromatic heterocycles. The molecule has 7 nitrogen and oxygen atoms in total. The van der Waals surface area contributed by atoms with Gasteiger partial charge in [-0.2, -0.15) is 0 Å². The number of rotatable bonds is 10. The molecule has 0 fully saturated rings. The lowest BCUT2D eigenvalue weighted by Gasteiger charge is -2.18. The summed E-state index contributed by atoms with van der Waals surface area (Å²) in [6, 6.07) is 13.5. The first kappa shape index (κ1) is 23.1. The summed E-state index contributed by atoms with van der Waals surface area (Å²) in [6.07, 6.45) is 0.667. The van der Waals surface area contributed by atoms with E-state index >= 15 is 0 Å². The quantitative estimate of drug-likeness (QED) is 0.557. The van der Waals surface area contributed by atoms with E-state index in [0.29, 0.717) is 24.5 Å². The van der Waals surface area contributed by atoms with Gasteiger partial charge >= 0.3 is 5.97 Å². The van der Waals surface area contributed by atoms with E-state index in [-0.39, 0.29) is 18.9 Å². The molecule has 0 unspecified atom stereocenters. The molecule has 0 saturated heterocycles. The fraction of sp³-hybridized carbons (Fsp3) is 0.391. The van der Waals surface area contributed by atoms with Crippen LogP contribution in [0.25, 0.3) is 0 Å². The Morgan fingerprint density at radius 1 is 0.867 bits per heavy atom. The number of anilines is 1. The molecule has 1 amide bonds. The third-order valence-corrected chi connectivity index (χ3v) is 4.72. The molecule has 0 aliphatic heterocycles. The molecule has 2 aromatic rings. The Balaban J connectivity index is 1.77. The number of ether oxygens (including phenoxy) is 3. The highest BCUT2D eigenvalue weighted by Crippen LogP contribution is 2.28. The van der Waals surface area contributed by atoms with Crippen LogP contribution in [0.2, 0.25) is 0 Å². The number of aryl methyl sites for hydroxylation is 1. The summed E-state index contributed by atoms with van der Waals surface area (Å²) in [7, 11) is 8.78. The first-order valence-electron chi connectivity index (χ1n) is 9.70. The van der Waals surface area contributed by atoms with Crippen LogP contribution in [0, 0.1) is 0 Å². The predicted molar refractivity (Wildman–Crippen MR) is 116 cm³/mol. The van der Waals surface area contributed by atoms with Crippen LogP contribution in [-0.4, -0.2) is 58.7 Å². The molecule has 2 rings (SSSR count). The van der Waals surface area contributed by atoms with E-state index in [4.69, 9.17) is 14.2 Å². The number of carbonyl (C=O) groups excluding carboxylic acids is 2. The number of hydrogen-bond donors (Lipinski definition) is 0. The highest BCUT2D eigenvalue weighted by Gasteiger charge is 2.13. The van der Waals surface area contributed by atoms with Crippen molar-refractivity contribution in [2.45, 2.75) is 19.4 Å². The van der Waals surface area contributed by atoms with Gasteiger partial charge in [0.25, 0.3) is 5.91 Å². The molecule has 0 aliphatic rings. The number of esters is 1. The third kappa shape index (κ3) is 6.69. The first-order valence-corrected chi connectivity index (χ1v) is 9.70. The van der Waals surface area contributed by atoms with Gasteiger partial charge in [0.2, 0.25) is 0 Å². The third-order valence-electron chi connectivity index (χ3n) is 4.72. The van der Waals surface area contributed by atoms with E-state index in [1.807, 2.05) is 55.4 Å². The smallest absolute Gasteiger partial charge is 0.306 e. The minimum absolute atomic E-state index is 0.179. The van der Waals surface area contributed by atoms with Crippen molar-refractivity contribution in [2.24, 2.45) is 0 Å². The number of methoxy groups -OCH3 is 2. The Morgan fingerprint density at radius 2 is 1.50 bits per heavy atom. The Hall–Kier alpha value is -3.22. The average Bonchev–Trinajstić information content (AvgIpc) is 2.75. The van der Waals surface area contributed by atoms with Crippen molar-refractivity contribution in [3.8, 4) is 11.5 Å². The van der Waals surface area contributed by atoms with Crippen molar-refractivity contribution in [2.75, 3.05) is 46.9 Å². The molecule has 0 bridgehead atoms. The van der Waals surface area contributed by atoms with E-state index in [0.717, 1.165) is 16.8 Å². The van der Waals surface area contributed by atoms with Crippen LogP contribution in [0.5, 0.6) is 11.5 Å². The molecule has 30 heavy (non-hydrogen) atoms. The van der Waals surface area contributed by atoms with Gasteiger partial charge in [-0.25, -0.2) is 0 Å². The molecule has 7 heteroatoms. The highest BCUT2D eigenvalue weighted by molar-refractivity contribution is 5.80. The Morgan fingerprint density at radius 3 is 2.10 bits per heavy atom. The van der Waals surface area contributed by atoms with Crippen molar-refractivity contribution in [3.63, 3.8) is 0 Å². The number of amides is 1. The van der Waals surface area contributed by atoms with Crippen molar-refractivity contribution in [1.29, 1.82) is 0 Å². The molecular weight excluding hydrogens is 384 g/mol. The maximum Gasteiger partial charge on any atom is 0.306 e. The normalized spacial score (nSPS) is 10.3. The lowest BCUT2D eigenvalue weighted by Crippen LogP contribution is -2.30. The molecule has 0 spiro atoms. The number of hydrogen-bond acceptors (Lipinski definition) is 6. The summed E-state index contributed by atoms with van der Waals surface area (Å²) < 4.78 is 15.6. The molecule has 0 saturated carbocycles. The van der Waals surface area contributed by atoms with Gasteiger partial charge in [0.1, 0.15) is 0 Å². The van der Waals surface area contributed by atoms with Crippen LogP contribution < -0.4 is 14.4 Å². The monoisotopic (exact) mass is 414 g/mol. The molecule has 0 atom stereocenters. The second kappa shape index (κ2) is 11.1. The van der Waals surface area contributed by atoms with Crippen molar-refractivity contribution in [1.82, 2.24) is 4.90 Å². The molecule has 162 valence electrons. The second-order valence-corrected chi connectivity index (χ2v) is 7.16. The van der Waals surface area contributed by atoms with E-state index < -0.39 is 5.97 Å². The maximum atomic E-state index is 12.3. The van der Waals surface area contributed by atoms with Crippen LogP contribution in [0.1, 0.15) is 17.5 Å². The molecule has 0 radical (unpaired) electrons. The average molecular weight is 415 g/mol.